The molecule has 2 N–H and O–H groups in total. The van der Waals surface area contributed by atoms with E-state index in [-0.39, 0.29) is 16.5 Å². The molecule has 0 fully saturated rings. The van der Waals surface area contributed by atoms with Crippen molar-refractivity contribution in [2.24, 2.45) is 5.10 Å². The molecule has 0 saturated heterocycles. The minimum atomic E-state index is -1.38. The Balaban J connectivity index is 2.09. The lowest BCUT2D eigenvalue weighted by Crippen LogP contribution is -2.10. The Morgan fingerprint density at radius 2 is 1.78 bits per heavy atom. The van der Waals surface area contributed by atoms with Crippen LogP contribution in [0.3, 0.4) is 0 Å². The molecule has 0 aliphatic heterocycles. The maximum Gasteiger partial charge on any atom is 0.373 e. The summed E-state index contributed by atoms with van der Waals surface area (Å²) in [4.78, 5) is 21.4. The minimum absolute atomic E-state index is 0.0662. The van der Waals surface area contributed by atoms with E-state index in [2.05, 4.69) is 10.5 Å². The third-order valence-electron chi connectivity index (χ3n) is 3.14. The molecule has 0 spiro atoms. The van der Waals surface area contributed by atoms with Crippen molar-refractivity contribution >= 4 is 35.2 Å². The molecule has 0 unspecified atom stereocenters. The van der Waals surface area contributed by atoms with Crippen molar-refractivity contribution < 1.29 is 24.3 Å². The first-order valence-electron chi connectivity index (χ1n) is 7.39. The van der Waals surface area contributed by atoms with E-state index in [9.17, 15) is 20.0 Å². The van der Waals surface area contributed by atoms with Gasteiger partial charge in [0.15, 0.2) is 0 Å². The second-order valence-electron chi connectivity index (χ2n) is 4.93. The van der Waals surface area contributed by atoms with E-state index < -0.39 is 16.7 Å². The van der Waals surface area contributed by atoms with Crippen LogP contribution in [0.25, 0.3) is 0 Å². The molecular formula is C17H14ClN3O6. The smallest absolute Gasteiger partial charge is 0.373 e. The van der Waals surface area contributed by atoms with Crippen molar-refractivity contribution in [2.45, 2.75) is 0 Å². The number of hydrogen-bond acceptors (Lipinski definition) is 7. The topological polar surface area (TPSA) is 123 Å². The zero-order valence-electron chi connectivity index (χ0n) is 14.0. The maximum absolute atomic E-state index is 11.4. The first-order chi connectivity index (χ1) is 12.9. The predicted molar refractivity (Wildman–Crippen MR) is 99.3 cm³/mol. The molecule has 9 nitrogen and oxygen atoms in total. The first-order valence-corrected chi connectivity index (χ1v) is 7.77. The van der Waals surface area contributed by atoms with Crippen molar-refractivity contribution in [1.29, 1.82) is 0 Å². The van der Waals surface area contributed by atoms with Gasteiger partial charge in [-0.15, -0.1) is 0 Å². The van der Waals surface area contributed by atoms with Gasteiger partial charge in [-0.25, -0.2) is 4.79 Å². The first kappa shape index (κ1) is 19.7. The highest BCUT2D eigenvalue weighted by molar-refractivity contribution is 6.41. The fourth-order valence-corrected chi connectivity index (χ4v) is 2.00. The molecule has 0 atom stereocenters. The van der Waals surface area contributed by atoms with Gasteiger partial charge in [0.1, 0.15) is 16.5 Å². The molecule has 0 amide bonds. The summed E-state index contributed by atoms with van der Waals surface area (Å²) in [5.74, 6) is -1.06. The van der Waals surface area contributed by atoms with Crippen molar-refractivity contribution in [1.82, 2.24) is 0 Å². The summed E-state index contributed by atoms with van der Waals surface area (Å²) in [6, 6.07) is 11.7. The van der Waals surface area contributed by atoms with E-state index >= 15 is 0 Å². The van der Waals surface area contributed by atoms with Gasteiger partial charge in [0.05, 0.1) is 23.9 Å². The van der Waals surface area contributed by atoms with Crippen LogP contribution in [0, 0.1) is 10.1 Å². The number of ether oxygens (including phenoxy) is 2. The van der Waals surface area contributed by atoms with Gasteiger partial charge >= 0.3 is 5.97 Å². The van der Waals surface area contributed by atoms with Crippen LogP contribution in [0.1, 0.15) is 0 Å². The molecule has 0 aromatic heterocycles. The Morgan fingerprint density at radius 3 is 2.30 bits per heavy atom. The van der Waals surface area contributed by atoms with E-state index in [1.807, 2.05) is 0 Å². The number of carboxylic acids is 1. The highest BCUT2D eigenvalue weighted by Gasteiger charge is 2.15. The van der Waals surface area contributed by atoms with Crippen molar-refractivity contribution in [3.63, 3.8) is 0 Å². The van der Waals surface area contributed by atoms with Crippen molar-refractivity contribution in [3.8, 4) is 11.5 Å². The largest absolute Gasteiger partial charge is 0.497 e. The monoisotopic (exact) mass is 391 g/mol. The number of aliphatic carboxylic acids is 1. The SMILES string of the molecule is COc1ccc(O/C(C(=O)O)=C(Cl)\C=N/Nc2ccc([N+](=O)[O-])cc2)cc1. The molecule has 2 aromatic carbocycles. The van der Waals surface area contributed by atoms with Crippen LogP contribution in [0.5, 0.6) is 11.5 Å². The van der Waals surface area contributed by atoms with Gasteiger partial charge in [0.25, 0.3) is 5.69 Å². The molecule has 0 saturated carbocycles. The summed E-state index contributed by atoms with van der Waals surface area (Å²) >= 11 is 5.95. The minimum Gasteiger partial charge on any atom is -0.497 e. The molecular weight excluding hydrogens is 378 g/mol. The lowest BCUT2D eigenvalue weighted by Gasteiger charge is -2.08. The van der Waals surface area contributed by atoms with Crippen LogP contribution in [-0.4, -0.2) is 29.3 Å². The number of allylic oxidation sites excluding steroid dienone is 1. The second-order valence-corrected chi connectivity index (χ2v) is 5.34. The number of carboxylic acid groups (broad SMARTS) is 1. The zero-order valence-corrected chi connectivity index (χ0v) is 14.7. The Kier molecular flexibility index (Phi) is 6.73. The fraction of sp³-hybridized carbons (Fsp3) is 0.0588. The number of hydrazone groups is 1. The van der Waals surface area contributed by atoms with Gasteiger partial charge in [-0.1, -0.05) is 11.6 Å². The molecule has 0 aliphatic rings. The van der Waals surface area contributed by atoms with Crippen molar-refractivity contribution in [3.05, 3.63) is 69.4 Å². The third kappa shape index (κ3) is 5.72. The fourth-order valence-electron chi connectivity index (χ4n) is 1.84. The van der Waals surface area contributed by atoms with E-state index in [0.29, 0.717) is 11.4 Å². The number of methoxy groups -OCH3 is 1. The molecule has 0 aliphatic carbocycles. The zero-order chi connectivity index (χ0) is 19.8. The molecule has 27 heavy (non-hydrogen) atoms. The van der Waals surface area contributed by atoms with E-state index in [1.54, 1.807) is 12.1 Å². The quantitative estimate of drug-likeness (QED) is 0.231. The van der Waals surface area contributed by atoms with E-state index in [1.165, 1.54) is 43.5 Å². The Hall–Kier alpha value is -3.59. The summed E-state index contributed by atoms with van der Waals surface area (Å²) in [6.45, 7) is 0. The van der Waals surface area contributed by atoms with Crippen LogP contribution < -0.4 is 14.9 Å². The summed E-state index contributed by atoms with van der Waals surface area (Å²) in [5, 5.41) is 23.4. The number of carbonyl (C=O) groups is 1. The summed E-state index contributed by atoms with van der Waals surface area (Å²) in [7, 11) is 1.50. The predicted octanol–water partition coefficient (Wildman–Crippen LogP) is 3.62. The van der Waals surface area contributed by atoms with Gasteiger partial charge in [0, 0.05) is 12.1 Å². The number of halogens is 1. The average Bonchev–Trinajstić information content (AvgIpc) is 2.66. The number of benzene rings is 2. The number of nitrogens with one attached hydrogen (secondary N) is 1. The van der Waals surface area contributed by atoms with Gasteiger partial charge < -0.3 is 14.6 Å². The van der Waals surface area contributed by atoms with Gasteiger partial charge in [-0.2, -0.15) is 5.10 Å². The lowest BCUT2D eigenvalue weighted by atomic mass is 10.3. The standard InChI is InChI=1S/C17H14ClN3O6/c1-26-13-6-8-14(9-7-13)27-16(17(22)23)15(18)10-19-20-11-2-4-12(5-3-11)21(24)25/h2-10,20H,1H3,(H,22,23)/b16-15+,19-10-. The molecule has 0 bridgehead atoms. The summed E-state index contributed by atoms with van der Waals surface area (Å²) < 4.78 is 10.3. The number of rotatable bonds is 8. The van der Waals surface area contributed by atoms with Crippen LogP contribution in [0.4, 0.5) is 11.4 Å². The number of nitro groups is 1. The second kappa shape index (κ2) is 9.20. The molecule has 0 radical (unpaired) electrons. The Labute approximate surface area is 158 Å². The lowest BCUT2D eigenvalue weighted by molar-refractivity contribution is -0.384. The number of nitro benzene ring substituents is 1. The van der Waals surface area contributed by atoms with E-state index in [4.69, 9.17) is 21.1 Å². The normalized spacial score (nSPS) is 11.6. The summed E-state index contributed by atoms with van der Waals surface area (Å²) in [6.07, 6.45) is 1.05. The van der Waals surface area contributed by atoms with Crippen LogP contribution in [-0.2, 0) is 4.79 Å². The Morgan fingerprint density at radius 1 is 1.19 bits per heavy atom. The summed E-state index contributed by atoms with van der Waals surface area (Å²) in [5.41, 5.74) is 2.96. The molecule has 0 heterocycles. The van der Waals surface area contributed by atoms with Crippen LogP contribution in [0.2, 0.25) is 0 Å². The molecule has 2 rings (SSSR count). The Bertz CT molecular complexity index is 879. The van der Waals surface area contributed by atoms with Crippen molar-refractivity contribution in [2.75, 3.05) is 12.5 Å². The van der Waals surface area contributed by atoms with Gasteiger partial charge in [0.2, 0.25) is 5.76 Å². The number of nitrogens with zero attached hydrogens (tertiary/aromatic N) is 2. The van der Waals surface area contributed by atoms with Gasteiger partial charge in [-0.3, -0.25) is 15.5 Å². The molecule has 140 valence electrons. The maximum atomic E-state index is 11.4. The van der Waals surface area contributed by atoms with Crippen LogP contribution >= 0.6 is 11.6 Å². The van der Waals surface area contributed by atoms with Crippen LogP contribution in [0.15, 0.2) is 64.4 Å². The number of anilines is 1. The van der Waals surface area contributed by atoms with Gasteiger partial charge in [-0.05, 0) is 36.4 Å². The molecule has 10 heteroatoms. The number of non-ortho nitro benzene ring substituents is 1. The highest BCUT2D eigenvalue weighted by Crippen LogP contribution is 2.21. The third-order valence-corrected chi connectivity index (χ3v) is 3.41. The molecule has 2 aromatic rings. The highest BCUT2D eigenvalue weighted by atomic mass is 35.5. The average molecular weight is 392 g/mol. The van der Waals surface area contributed by atoms with E-state index in [0.717, 1.165) is 6.21 Å². The number of hydrogen-bond donors (Lipinski definition) is 2.